The summed E-state index contributed by atoms with van der Waals surface area (Å²) in [6.07, 6.45) is 1.87. The average molecular weight is 442 g/mol. The number of nitrogens with two attached hydrogens (primary N) is 1. The monoisotopic (exact) mass is 442 g/mol. The molecule has 2 rings (SSSR count). The van der Waals surface area contributed by atoms with Crippen LogP contribution in [0.3, 0.4) is 0 Å². The highest BCUT2D eigenvalue weighted by molar-refractivity contribution is 14.0. The van der Waals surface area contributed by atoms with Crippen molar-refractivity contribution in [3.63, 3.8) is 0 Å². The van der Waals surface area contributed by atoms with Gasteiger partial charge in [0.25, 0.3) is 0 Å². The number of nitrogens with one attached hydrogen (secondary N) is 1. The molecule has 1 aromatic carbocycles. The maximum Gasteiger partial charge on any atom is 0.212 e. The fourth-order valence-corrected chi connectivity index (χ4v) is 1.88. The summed E-state index contributed by atoms with van der Waals surface area (Å²) >= 11 is 0. The van der Waals surface area contributed by atoms with Gasteiger partial charge in [0.2, 0.25) is 5.88 Å². The van der Waals surface area contributed by atoms with E-state index in [4.69, 9.17) is 15.2 Å². The number of methoxy groups -OCH3 is 1. The molecular formula is C17H23IN4O2. The molecule has 0 aliphatic rings. The van der Waals surface area contributed by atoms with Crippen LogP contribution < -0.4 is 20.5 Å². The minimum Gasteiger partial charge on any atom is -0.491 e. The summed E-state index contributed by atoms with van der Waals surface area (Å²) < 4.78 is 10.6. The molecule has 0 unspecified atom stereocenters. The Morgan fingerprint density at radius 3 is 2.46 bits per heavy atom. The van der Waals surface area contributed by atoms with Crippen molar-refractivity contribution in [2.45, 2.75) is 26.5 Å². The van der Waals surface area contributed by atoms with Gasteiger partial charge in [0, 0.05) is 18.0 Å². The summed E-state index contributed by atoms with van der Waals surface area (Å²) in [6.45, 7) is 4.43. The number of anilines is 1. The number of guanidine groups is 1. The van der Waals surface area contributed by atoms with E-state index in [0.29, 0.717) is 18.4 Å². The first-order chi connectivity index (χ1) is 11.1. The number of benzene rings is 1. The lowest BCUT2D eigenvalue weighted by Gasteiger charge is -2.11. The Morgan fingerprint density at radius 1 is 1.21 bits per heavy atom. The van der Waals surface area contributed by atoms with Crippen molar-refractivity contribution in [1.82, 2.24) is 4.98 Å². The van der Waals surface area contributed by atoms with Gasteiger partial charge in [-0.25, -0.2) is 9.98 Å². The second kappa shape index (κ2) is 9.96. The number of nitrogens with zero attached hydrogens (tertiary/aromatic N) is 2. The maximum atomic E-state index is 5.89. The minimum atomic E-state index is 0. The summed E-state index contributed by atoms with van der Waals surface area (Å²) in [5, 5.41) is 3.04. The van der Waals surface area contributed by atoms with Gasteiger partial charge < -0.3 is 20.5 Å². The summed E-state index contributed by atoms with van der Waals surface area (Å²) in [7, 11) is 1.58. The molecule has 2 aromatic rings. The Morgan fingerprint density at radius 2 is 1.92 bits per heavy atom. The normalized spacial score (nSPS) is 10.9. The lowest BCUT2D eigenvalue weighted by atomic mass is 10.3. The Bertz CT molecular complexity index is 643. The molecule has 7 heteroatoms. The summed E-state index contributed by atoms with van der Waals surface area (Å²) in [5.41, 5.74) is 7.70. The predicted molar refractivity (Wildman–Crippen MR) is 107 cm³/mol. The largest absolute Gasteiger partial charge is 0.491 e. The zero-order valence-corrected chi connectivity index (χ0v) is 16.4. The third-order valence-corrected chi connectivity index (χ3v) is 2.94. The van der Waals surface area contributed by atoms with Gasteiger partial charge in [0.05, 0.1) is 19.8 Å². The fraction of sp³-hybridized carbons (Fsp3) is 0.294. The Labute approximate surface area is 159 Å². The van der Waals surface area contributed by atoms with E-state index in [0.717, 1.165) is 17.0 Å². The molecule has 1 heterocycles. The van der Waals surface area contributed by atoms with E-state index in [1.807, 2.05) is 44.2 Å². The van der Waals surface area contributed by atoms with Crippen molar-refractivity contribution >= 4 is 35.6 Å². The Kier molecular flexibility index (Phi) is 8.31. The second-order valence-electron chi connectivity index (χ2n) is 5.23. The predicted octanol–water partition coefficient (Wildman–Crippen LogP) is 3.42. The van der Waals surface area contributed by atoms with E-state index in [1.165, 1.54) is 0 Å². The summed E-state index contributed by atoms with van der Waals surface area (Å²) in [5.74, 6) is 1.75. The second-order valence-corrected chi connectivity index (χ2v) is 5.23. The molecule has 0 saturated carbocycles. The third kappa shape index (κ3) is 6.61. The molecule has 0 bridgehead atoms. The Hall–Kier alpha value is -2.03. The van der Waals surface area contributed by atoms with E-state index in [1.54, 1.807) is 19.4 Å². The van der Waals surface area contributed by atoms with Gasteiger partial charge in [-0.2, -0.15) is 0 Å². The van der Waals surface area contributed by atoms with Crippen LogP contribution in [-0.4, -0.2) is 24.2 Å². The average Bonchev–Trinajstić information content (AvgIpc) is 2.55. The fourth-order valence-electron chi connectivity index (χ4n) is 1.88. The number of halogens is 1. The van der Waals surface area contributed by atoms with Gasteiger partial charge in [-0.15, -0.1) is 24.0 Å². The quantitative estimate of drug-likeness (QED) is 0.407. The molecule has 1 aromatic heterocycles. The van der Waals surface area contributed by atoms with Crippen LogP contribution in [0.5, 0.6) is 11.6 Å². The van der Waals surface area contributed by atoms with Gasteiger partial charge in [-0.1, -0.05) is 6.07 Å². The first kappa shape index (κ1) is 20.0. The van der Waals surface area contributed by atoms with Crippen molar-refractivity contribution in [2.75, 3.05) is 12.4 Å². The molecule has 24 heavy (non-hydrogen) atoms. The van der Waals surface area contributed by atoms with Gasteiger partial charge in [-0.05, 0) is 43.7 Å². The van der Waals surface area contributed by atoms with Crippen LogP contribution in [0.15, 0.2) is 47.6 Å². The smallest absolute Gasteiger partial charge is 0.212 e. The van der Waals surface area contributed by atoms with E-state index in [-0.39, 0.29) is 30.1 Å². The highest BCUT2D eigenvalue weighted by Gasteiger charge is 2.00. The van der Waals surface area contributed by atoms with Crippen LogP contribution in [0, 0.1) is 0 Å². The number of aromatic nitrogens is 1. The Balaban J connectivity index is 0.00000288. The maximum absolute atomic E-state index is 5.89. The lowest BCUT2D eigenvalue weighted by Crippen LogP contribution is -2.22. The standard InChI is InChI=1S/C17H22N4O2.HI/c1-12(2)23-15-7-5-14(6-8-15)21-17(18)20-11-13-4-9-16(22-3)19-10-13;/h4-10,12H,11H2,1-3H3,(H3,18,20,21);1H. The number of hydrogen-bond donors (Lipinski definition) is 2. The first-order valence-electron chi connectivity index (χ1n) is 7.39. The molecule has 0 radical (unpaired) electrons. The van der Waals surface area contributed by atoms with Gasteiger partial charge >= 0.3 is 0 Å². The number of aliphatic imine (C=N–C) groups is 1. The molecule has 0 aliphatic heterocycles. The van der Waals surface area contributed by atoms with E-state index < -0.39 is 0 Å². The van der Waals surface area contributed by atoms with Crippen molar-refractivity contribution in [3.05, 3.63) is 48.2 Å². The van der Waals surface area contributed by atoms with Crippen molar-refractivity contribution in [1.29, 1.82) is 0 Å². The highest BCUT2D eigenvalue weighted by Crippen LogP contribution is 2.16. The van der Waals surface area contributed by atoms with Crippen LogP contribution in [0.1, 0.15) is 19.4 Å². The molecule has 0 amide bonds. The van der Waals surface area contributed by atoms with Crippen LogP contribution in [0.4, 0.5) is 5.69 Å². The zero-order valence-electron chi connectivity index (χ0n) is 14.0. The number of rotatable bonds is 6. The highest BCUT2D eigenvalue weighted by atomic mass is 127. The van der Waals surface area contributed by atoms with E-state index in [9.17, 15) is 0 Å². The van der Waals surface area contributed by atoms with Gasteiger partial charge in [0.15, 0.2) is 5.96 Å². The van der Waals surface area contributed by atoms with Crippen LogP contribution >= 0.6 is 24.0 Å². The zero-order chi connectivity index (χ0) is 16.7. The molecule has 6 nitrogen and oxygen atoms in total. The molecule has 3 N–H and O–H groups in total. The molecule has 0 aliphatic carbocycles. The molecule has 0 fully saturated rings. The SMILES string of the molecule is COc1ccc(CN=C(N)Nc2ccc(OC(C)C)cc2)cn1.I. The number of hydrogen-bond acceptors (Lipinski definition) is 4. The van der Waals surface area contributed by atoms with Crippen LogP contribution in [0.25, 0.3) is 0 Å². The van der Waals surface area contributed by atoms with Gasteiger partial charge in [-0.3, -0.25) is 0 Å². The number of pyridine rings is 1. The molecule has 130 valence electrons. The summed E-state index contributed by atoms with van der Waals surface area (Å²) in [4.78, 5) is 8.41. The molecular weight excluding hydrogens is 419 g/mol. The van der Waals surface area contributed by atoms with Gasteiger partial charge in [0.1, 0.15) is 5.75 Å². The topological polar surface area (TPSA) is 81.8 Å². The van der Waals surface area contributed by atoms with Crippen molar-refractivity contribution in [3.8, 4) is 11.6 Å². The van der Waals surface area contributed by atoms with Crippen LogP contribution in [-0.2, 0) is 6.54 Å². The minimum absolute atomic E-state index is 0. The summed E-state index contributed by atoms with van der Waals surface area (Å²) in [6, 6.07) is 11.3. The third-order valence-electron chi connectivity index (χ3n) is 2.94. The number of ether oxygens (including phenoxy) is 2. The molecule has 0 saturated heterocycles. The first-order valence-corrected chi connectivity index (χ1v) is 7.39. The van der Waals surface area contributed by atoms with Crippen molar-refractivity contribution < 1.29 is 9.47 Å². The van der Waals surface area contributed by atoms with E-state index >= 15 is 0 Å². The lowest BCUT2D eigenvalue weighted by molar-refractivity contribution is 0.242. The molecule has 0 spiro atoms. The van der Waals surface area contributed by atoms with Crippen molar-refractivity contribution in [2.24, 2.45) is 10.7 Å². The molecule has 0 atom stereocenters. The van der Waals surface area contributed by atoms with Crippen LogP contribution in [0.2, 0.25) is 0 Å². The van der Waals surface area contributed by atoms with E-state index in [2.05, 4.69) is 15.3 Å².